The highest BCUT2D eigenvalue weighted by Gasteiger charge is 2.42. The molecule has 2 aromatic heterocycles. The van der Waals surface area contributed by atoms with Gasteiger partial charge in [0.15, 0.2) is 5.11 Å². The highest BCUT2D eigenvalue weighted by atomic mass is 35.5. The molecule has 0 saturated carbocycles. The fourth-order valence-electron chi connectivity index (χ4n) is 6.45. The molecule has 6 rings (SSSR count). The van der Waals surface area contributed by atoms with Crippen LogP contribution in [0.25, 0.3) is 5.69 Å². The number of benzene rings is 2. The zero-order valence-corrected chi connectivity index (χ0v) is 26.5. The summed E-state index contributed by atoms with van der Waals surface area (Å²) in [5.74, 6) is 0.392. The van der Waals surface area contributed by atoms with E-state index in [1.165, 1.54) is 20.0 Å². The lowest BCUT2D eigenvalue weighted by molar-refractivity contribution is 0.0600. The largest absolute Gasteiger partial charge is 0.465 e. The number of hydrogen-bond donors (Lipinski definition) is 1. The minimum absolute atomic E-state index is 0.172. The van der Waals surface area contributed by atoms with Gasteiger partial charge in [0.25, 0.3) is 0 Å². The van der Waals surface area contributed by atoms with E-state index >= 15 is 0 Å². The first kappa shape index (κ1) is 29.2. The van der Waals surface area contributed by atoms with Gasteiger partial charge in [0.2, 0.25) is 0 Å². The lowest BCUT2D eigenvalue weighted by Gasteiger charge is -2.33. The fraction of sp³-hybridized carbons (Fsp3) is 0.324. The van der Waals surface area contributed by atoms with Crippen LogP contribution < -0.4 is 15.1 Å². The molecule has 0 amide bonds. The van der Waals surface area contributed by atoms with Crippen LogP contribution in [0.3, 0.4) is 0 Å². The van der Waals surface area contributed by atoms with E-state index < -0.39 is 0 Å². The van der Waals surface area contributed by atoms with Crippen LogP contribution in [0.15, 0.2) is 72.9 Å². The van der Waals surface area contributed by atoms with Gasteiger partial charge in [-0.05, 0) is 111 Å². The van der Waals surface area contributed by atoms with E-state index in [4.69, 9.17) is 33.5 Å². The molecule has 2 aliphatic heterocycles. The third kappa shape index (κ3) is 5.50. The van der Waals surface area contributed by atoms with Crippen molar-refractivity contribution in [3.8, 4) is 5.69 Å². The van der Waals surface area contributed by atoms with E-state index in [-0.39, 0.29) is 18.1 Å². The van der Waals surface area contributed by atoms with Gasteiger partial charge < -0.3 is 24.4 Å². The Kier molecular flexibility index (Phi) is 8.16. The standard InChI is InChI=1S/C34H36ClN5O2S/c1-21-14-17-38(18-15-21)30-13-12-26(20-28(30)35)40-32(31(37-34(40)43)29-7-5-6-16-36-29)27-19-22(2)39(23(27)3)25-10-8-24(9-11-25)33(41)42-4/h5-13,16,19-21,31-32H,14-15,17-18H2,1-4H3,(H,37,43)/t31-,32-/m1/s1. The number of halogens is 1. The first-order valence-corrected chi connectivity index (χ1v) is 15.5. The van der Waals surface area contributed by atoms with Gasteiger partial charge in [-0.25, -0.2) is 4.79 Å². The number of hydrogen-bond acceptors (Lipinski definition) is 5. The second-order valence-electron chi connectivity index (χ2n) is 11.5. The van der Waals surface area contributed by atoms with Crippen LogP contribution >= 0.6 is 23.8 Å². The Labute approximate surface area is 263 Å². The maximum Gasteiger partial charge on any atom is 0.337 e. The number of carbonyl (C=O) groups is 1. The molecule has 9 heteroatoms. The normalized spacial score (nSPS) is 19.0. The summed E-state index contributed by atoms with van der Waals surface area (Å²) in [6, 6.07) is 21.6. The Hall–Kier alpha value is -3.88. The number of nitrogens with zero attached hydrogens (tertiary/aromatic N) is 4. The van der Waals surface area contributed by atoms with Crippen LogP contribution in [0, 0.1) is 19.8 Å². The van der Waals surface area contributed by atoms with Crippen molar-refractivity contribution in [3.05, 3.63) is 106 Å². The molecular weight excluding hydrogens is 578 g/mol. The molecule has 222 valence electrons. The summed E-state index contributed by atoms with van der Waals surface area (Å²) < 4.78 is 7.09. The van der Waals surface area contributed by atoms with Gasteiger partial charge in [0.05, 0.1) is 41.2 Å². The number of anilines is 2. The number of piperidine rings is 1. The number of methoxy groups -OCH3 is 1. The molecule has 0 spiro atoms. The summed E-state index contributed by atoms with van der Waals surface area (Å²) >= 11 is 13.0. The molecule has 4 heterocycles. The van der Waals surface area contributed by atoms with Crippen molar-refractivity contribution in [2.45, 2.75) is 45.7 Å². The monoisotopic (exact) mass is 613 g/mol. The van der Waals surface area contributed by atoms with Crippen molar-refractivity contribution in [1.82, 2.24) is 14.9 Å². The van der Waals surface area contributed by atoms with Crippen molar-refractivity contribution >= 4 is 46.3 Å². The minimum atomic E-state index is -0.355. The molecule has 4 aromatic rings. The number of ether oxygens (including phenoxy) is 1. The summed E-state index contributed by atoms with van der Waals surface area (Å²) in [5.41, 5.74) is 7.68. The van der Waals surface area contributed by atoms with E-state index in [0.717, 1.165) is 63.7 Å². The molecule has 2 fully saturated rings. The van der Waals surface area contributed by atoms with Crippen LogP contribution in [0.1, 0.15) is 64.9 Å². The number of pyridine rings is 1. The second kappa shape index (κ2) is 12.0. The predicted octanol–water partition coefficient (Wildman–Crippen LogP) is 7.34. The molecule has 0 bridgehead atoms. The highest BCUT2D eigenvalue weighted by Crippen LogP contribution is 2.45. The topological polar surface area (TPSA) is 62.6 Å². The van der Waals surface area contributed by atoms with Crippen LogP contribution in [0.2, 0.25) is 5.02 Å². The summed E-state index contributed by atoms with van der Waals surface area (Å²) in [6.07, 6.45) is 4.16. The maximum atomic E-state index is 12.0. The molecule has 0 aliphatic carbocycles. The third-order valence-corrected chi connectivity index (χ3v) is 9.38. The number of rotatable bonds is 6. The average Bonchev–Trinajstić information content (AvgIpc) is 3.52. The predicted molar refractivity (Wildman–Crippen MR) is 177 cm³/mol. The van der Waals surface area contributed by atoms with Crippen molar-refractivity contribution < 1.29 is 9.53 Å². The summed E-state index contributed by atoms with van der Waals surface area (Å²) in [6.45, 7) is 8.56. The van der Waals surface area contributed by atoms with E-state index in [2.05, 4.69) is 58.7 Å². The van der Waals surface area contributed by atoms with Gasteiger partial charge >= 0.3 is 5.97 Å². The smallest absolute Gasteiger partial charge is 0.337 e. The van der Waals surface area contributed by atoms with Crippen molar-refractivity contribution in [3.63, 3.8) is 0 Å². The molecule has 2 aromatic carbocycles. The number of aromatic nitrogens is 2. The summed E-state index contributed by atoms with van der Waals surface area (Å²) in [5, 5.41) is 4.93. The Morgan fingerprint density at radius 2 is 1.74 bits per heavy atom. The van der Waals surface area contributed by atoms with Crippen LogP contribution in [-0.2, 0) is 4.74 Å². The average molecular weight is 614 g/mol. The zero-order chi connectivity index (χ0) is 30.2. The van der Waals surface area contributed by atoms with E-state index in [9.17, 15) is 4.79 Å². The zero-order valence-electron chi connectivity index (χ0n) is 24.9. The lowest BCUT2D eigenvalue weighted by atomic mass is 9.96. The van der Waals surface area contributed by atoms with Gasteiger partial charge in [-0.1, -0.05) is 24.6 Å². The molecule has 43 heavy (non-hydrogen) atoms. The molecule has 2 aliphatic rings. The number of carbonyl (C=O) groups excluding carboxylic acids is 1. The molecule has 0 unspecified atom stereocenters. The van der Waals surface area contributed by atoms with E-state index in [1.807, 2.05) is 42.6 Å². The fourth-order valence-corrected chi connectivity index (χ4v) is 7.09. The van der Waals surface area contributed by atoms with Gasteiger partial charge in [-0.15, -0.1) is 0 Å². The van der Waals surface area contributed by atoms with Crippen LogP contribution in [0.5, 0.6) is 0 Å². The molecule has 7 nitrogen and oxygen atoms in total. The van der Waals surface area contributed by atoms with Gasteiger partial charge in [0, 0.05) is 42.0 Å². The van der Waals surface area contributed by atoms with Crippen molar-refractivity contribution in [1.29, 1.82) is 0 Å². The Bertz CT molecular complexity index is 1650. The summed E-state index contributed by atoms with van der Waals surface area (Å²) in [7, 11) is 1.39. The van der Waals surface area contributed by atoms with Crippen molar-refractivity contribution in [2.75, 3.05) is 30.0 Å². The summed E-state index contributed by atoms with van der Waals surface area (Å²) in [4.78, 5) is 21.3. The number of thiocarbonyl (C=S) groups is 1. The highest BCUT2D eigenvalue weighted by molar-refractivity contribution is 7.80. The van der Waals surface area contributed by atoms with Crippen molar-refractivity contribution in [2.24, 2.45) is 5.92 Å². The molecule has 1 N–H and O–H groups in total. The Balaban J connectivity index is 1.41. The lowest BCUT2D eigenvalue weighted by Crippen LogP contribution is -2.33. The molecular formula is C34H36ClN5O2S. The first-order valence-electron chi connectivity index (χ1n) is 14.7. The number of nitrogens with one attached hydrogen (secondary N) is 1. The van der Waals surface area contributed by atoms with Crippen LogP contribution in [0.4, 0.5) is 11.4 Å². The van der Waals surface area contributed by atoms with Gasteiger partial charge in [-0.3, -0.25) is 4.98 Å². The van der Waals surface area contributed by atoms with E-state index in [0.29, 0.717) is 10.7 Å². The maximum absolute atomic E-state index is 12.0. The second-order valence-corrected chi connectivity index (χ2v) is 12.3. The third-order valence-electron chi connectivity index (χ3n) is 8.77. The Morgan fingerprint density at radius 1 is 1.02 bits per heavy atom. The van der Waals surface area contributed by atoms with E-state index in [1.54, 1.807) is 12.1 Å². The Morgan fingerprint density at radius 3 is 2.40 bits per heavy atom. The number of aryl methyl sites for hydroxylation is 1. The molecule has 0 radical (unpaired) electrons. The van der Waals surface area contributed by atoms with Crippen LogP contribution in [-0.4, -0.2) is 40.8 Å². The molecule has 2 saturated heterocycles. The van der Waals surface area contributed by atoms with Gasteiger partial charge in [-0.2, -0.15) is 0 Å². The number of esters is 1. The SMILES string of the molecule is COC(=O)c1ccc(-n2c(C)cc([C@@H]3[C@@H](c4ccccn4)NC(=S)N3c3ccc(N4CCC(C)CC4)c(Cl)c3)c2C)cc1. The first-order chi connectivity index (χ1) is 20.8. The molecule has 2 atom stereocenters. The van der Waals surface area contributed by atoms with Gasteiger partial charge in [0.1, 0.15) is 0 Å². The minimum Gasteiger partial charge on any atom is -0.465 e. The quantitative estimate of drug-likeness (QED) is 0.180.